The molecule has 86 valence electrons. The molecule has 16 heavy (non-hydrogen) atoms. The zero-order valence-corrected chi connectivity index (χ0v) is 11.0. The van der Waals surface area contributed by atoms with Crippen molar-refractivity contribution in [2.24, 2.45) is 0 Å². The Morgan fingerprint density at radius 1 is 1.31 bits per heavy atom. The first-order valence-corrected chi connectivity index (χ1v) is 6.78. The maximum absolute atomic E-state index is 4.54. The van der Waals surface area contributed by atoms with Gasteiger partial charge in [-0.2, -0.15) is 0 Å². The monoisotopic (exact) mass is 234 g/mol. The van der Waals surface area contributed by atoms with Crippen LogP contribution in [-0.2, 0) is 5.41 Å². The number of fused-ring (bicyclic) bond motifs is 1. The first-order chi connectivity index (χ1) is 7.71. The summed E-state index contributed by atoms with van der Waals surface area (Å²) >= 11 is 1.76. The first-order valence-electron chi connectivity index (χ1n) is 5.90. The van der Waals surface area contributed by atoms with Crippen LogP contribution in [0.25, 0.3) is 10.2 Å². The molecule has 3 heteroatoms. The van der Waals surface area contributed by atoms with E-state index < -0.39 is 0 Å². The largest absolute Gasteiger partial charge is 0.239 e. The lowest BCUT2D eigenvalue weighted by atomic mass is 9.79. The fourth-order valence-electron chi connectivity index (χ4n) is 2.23. The van der Waals surface area contributed by atoms with Gasteiger partial charge < -0.3 is 0 Å². The number of rotatable bonds is 4. The highest BCUT2D eigenvalue weighted by atomic mass is 32.1. The summed E-state index contributed by atoms with van der Waals surface area (Å²) in [5.41, 5.74) is 2.52. The highest BCUT2D eigenvalue weighted by Crippen LogP contribution is 2.36. The van der Waals surface area contributed by atoms with E-state index in [2.05, 4.69) is 42.2 Å². The Morgan fingerprint density at radius 3 is 2.81 bits per heavy atom. The van der Waals surface area contributed by atoms with Crippen molar-refractivity contribution in [1.29, 1.82) is 0 Å². The van der Waals surface area contributed by atoms with Gasteiger partial charge >= 0.3 is 0 Å². The molecule has 1 unspecified atom stereocenters. The first kappa shape index (κ1) is 11.5. The van der Waals surface area contributed by atoms with Crippen LogP contribution >= 0.6 is 11.3 Å². The van der Waals surface area contributed by atoms with Crippen molar-refractivity contribution in [3.63, 3.8) is 0 Å². The summed E-state index contributed by atoms with van der Waals surface area (Å²) in [5.74, 6) is 0. The molecular weight excluding hydrogens is 216 g/mol. The topological polar surface area (TPSA) is 25.8 Å². The maximum Gasteiger partial charge on any atom is 0.116 e. The van der Waals surface area contributed by atoms with Crippen LogP contribution in [0.1, 0.15) is 45.7 Å². The summed E-state index contributed by atoms with van der Waals surface area (Å²) in [5, 5.41) is 2.10. The predicted octanol–water partition coefficient (Wildman–Crippen LogP) is 4.16. The second-order valence-electron chi connectivity index (χ2n) is 4.52. The Balaban J connectivity index is 2.56. The highest BCUT2D eigenvalue weighted by molar-refractivity contribution is 7.17. The van der Waals surface area contributed by atoms with Crippen molar-refractivity contribution in [3.8, 4) is 0 Å². The van der Waals surface area contributed by atoms with Crippen molar-refractivity contribution in [3.05, 3.63) is 23.5 Å². The molecule has 0 aliphatic heterocycles. The Bertz CT molecular complexity index is 477. The van der Waals surface area contributed by atoms with Crippen LogP contribution in [0.4, 0.5) is 0 Å². The summed E-state index contributed by atoms with van der Waals surface area (Å²) in [6, 6.07) is 2.08. The SMILES string of the molecule is CCCC(C)(CC)c1ncnc2ccsc12. The minimum atomic E-state index is 0.195. The zero-order valence-electron chi connectivity index (χ0n) is 10.2. The molecular formula is C13H18N2S. The van der Waals surface area contributed by atoms with Gasteiger partial charge in [0.2, 0.25) is 0 Å². The Labute approximate surface area is 101 Å². The average molecular weight is 234 g/mol. The molecule has 1 atom stereocenters. The van der Waals surface area contributed by atoms with E-state index in [1.165, 1.54) is 23.2 Å². The number of thiophene rings is 1. The highest BCUT2D eigenvalue weighted by Gasteiger charge is 2.27. The second kappa shape index (κ2) is 4.50. The molecule has 0 fully saturated rings. The van der Waals surface area contributed by atoms with Gasteiger partial charge in [-0.15, -0.1) is 11.3 Å². The quantitative estimate of drug-likeness (QED) is 0.794. The molecule has 2 aromatic rings. The molecule has 0 aliphatic carbocycles. The van der Waals surface area contributed by atoms with Crippen LogP contribution in [-0.4, -0.2) is 9.97 Å². The lowest BCUT2D eigenvalue weighted by Crippen LogP contribution is -2.22. The molecule has 0 spiro atoms. The molecule has 0 bridgehead atoms. The van der Waals surface area contributed by atoms with E-state index in [-0.39, 0.29) is 5.41 Å². The summed E-state index contributed by atoms with van der Waals surface area (Å²) in [6.45, 7) is 6.80. The van der Waals surface area contributed by atoms with Gasteiger partial charge in [-0.1, -0.05) is 27.2 Å². The number of hydrogen-bond donors (Lipinski definition) is 0. The molecule has 0 aliphatic rings. The van der Waals surface area contributed by atoms with Gasteiger partial charge in [-0.3, -0.25) is 0 Å². The predicted molar refractivity (Wildman–Crippen MR) is 70.0 cm³/mol. The third-order valence-corrected chi connectivity index (χ3v) is 4.31. The van der Waals surface area contributed by atoms with Crippen LogP contribution in [0.15, 0.2) is 17.8 Å². The van der Waals surface area contributed by atoms with Gasteiger partial charge in [0.05, 0.1) is 15.9 Å². The van der Waals surface area contributed by atoms with E-state index in [1.807, 2.05) is 0 Å². The smallest absolute Gasteiger partial charge is 0.116 e. The van der Waals surface area contributed by atoms with Gasteiger partial charge in [0.1, 0.15) is 6.33 Å². The summed E-state index contributed by atoms with van der Waals surface area (Å²) in [7, 11) is 0. The van der Waals surface area contributed by atoms with Crippen LogP contribution < -0.4 is 0 Å². The molecule has 0 aromatic carbocycles. The van der Waals surface area contributed by atoms with E-state index in [9.17, 15) is 0 Å². The third-order valence-electron chi connectivity index (χ3n) is 3.40. The fraction of sp³-hybridized carbons (Fsp3) is 0.538. The van der Waals surface area contributed by atoms with Crippen LogP contribution in [0.2, 0.25) is 0 Å². The molecule has 0 amide bonds. The maximum atomic E-state index is 4.54. The molecule has 2 aromatic heterocycles. The van der Waals surface area contributed by atoms with Crippen molar-refractivity contribution < 1.29 is 0 Å². The minimum Gasteiger partial charge on any atom is -0.239 e. The number of aromatic nitrogens is 2. The fourth-order valence-corrected chi connectivity index (χ4v) is 3.22. The van der Waals surface area contributed by atoms with E-state index in [1.54, 1.807) is 17.7 Å². The van der Waals surface area contributed by atoms with Gasteiger partial charge in [0.15, 0.2) is 0 Å². The van der Waals surface area contributed by atoms with Crippen molar-refractivity contribution in [2.45, 2.75) is 45.4 Å². The second-order valence-corrected chi connectivity index (χ2v) is 5.44. The number of nitrogens with zero attached hydrogens (tertiary/aromatic N) is 2. The molecule has 0 N–H and O–H groups in total. The minimum absolute atomic E-state index is 0.195. The van der Waals surface area contributed by atoms with Crippen LogP contribution in [0.3, 0.4) is 0 Å². The van der Waals surface area contributed by atoms with Gasteiger partial charge in [0, 0.05) is 5.41 Å². The summed E-state index contributed by atoms with van der Waals surface area (Å²) in [4.78, 5) is 8.85. The molecule has 2 rings (SSSR count). The van der Waals surface area contributed by atoms with Crippen LogP contribution in [0, 0.1) is 0 Å². The van der Waals surface area contributed by atoms with Gasteiger partial charge in [-0.05, 0) is 24.3 Å². The lowest BCUT2D eigenvalue weighted by Gasteiger charge is -2.27. The Hall–Kier alpha value is -0.960. The molecule has 0 radical (unpaired) electrons. The average Bonchev–Trinajstić information content (AvgIpc) is 2.76. The molecule has 0 saturated carbocycles. The molecule has 2 nitrogen and oxygen atoms in total. The Kier molecular flexibility index (Phi) is 3.24. The van der Waals surface area contributed by atoms with E-state index in [0.717, 1.165) is 11.9 Å². The zero-order chi connectivity index (χ0) is 11.6. The van der Waals surface area contributed by atoms with Gasteiger partial charge in [-0.25, -0.2) is 9.97 Å². The van der Waals surface area contributed by atoms with Gasteiger partial charge in [0.25, 0.3) is 0 Å². The lowest BCUT2D eigenvalue weighted by molar-refractivity contribution is 0.406. The molecule has 2 heterocycles. The third kappa shape index (κ3) is 1.84. The van der Waals surface area contributed by atoms with E-state index in [0.29, 0.717) is 0 Å². The normalized spacial score (nSPS) is 15.2. The summed E-state index contributed by atoms with van der Waals surface area (Å²) in [6.07, 6.45) is 5.22. The summed E-state index contributed by atoms with van der Waals surface area (Å²) < 4.78 is 1.26. The van der Waals surface area contributed by atoms with Crippen LogP contribution in [0.5, 0.6) is 0 Å². The van der Waals surface area contributed by atoms with E-state index >= 15 is 0 Å². The standard InChI is InChI=1S/C13H18N2S/c1-4-7-13(3,5-2)12-11-10(6-8-16-11)14-9-15-12/h6,8-9H,4-5,7H2,1-3H3. The Morgan fingerprint density at radius 2 is 2.12 bits per heavy atom. The van der Waals surface area contributed by atoms with E-state index in [4.69, 9.17) is 0 Å². The van der Waals surface area contributed by atoms with Crippen molar-refractivity contribution in [1.82, 2.24) is 9.97 Å². The van der Waals surface area contributed by atoms with Crippen molar-refractivity contribution in [2.75, 3.05) is 0 Å². The van der Waals surface area contributed by atoms with Crippen molar-refractivity contribution >= 4 is 21.6 Å². The number of hydrogen-bond acceptors (Lipinski definition) is 3. The molecule has 0 saturated heterocycles.